The molecule has 2 rings (SSSR count). The lowest BCUT2D eigenvalue weighted by Gasteiger charge is -2.24. The molecule has 0 saturated heterocycles. The summed E-state index contributed by atoms with van der Waals surface area (Å²) in [6, 6.07) is 9.50. The average Bonchev–Trinajstić information content (AvgIpc) is 2.54. The number of aryl methyl sites for hydroxylation is 1. The Morgan fingerprint density at radius 3 is 2.65 bits per heavy atom. The number of aromatic nitrogens is 1. The van der Waals surface area contributed by atoms with Crippen LogP contribution in [0.5, 0.6) is 0 Å². The van der Waals surface area contributed by atoms with Crippen molar-refractivity contribution < 1.29 is 9.72 Å². The first-order valence-corrected chi connectivity index (χ1v) is 7.10. The summed E-state index contributed by atoms with van der Waals surface area (Å²) < 4.78 is 0. The molecule has 0 spiro atoms. The molecule has 0 aliphatic carbocycles. The normalized spacial score (nSPS) is 11.6. The van der Waals surface area contributed by atoms with Crippen LogP contribution in [0.4, 0.5) is 16.2 Å². The SMILES string of the molecule is Cc1cc(NC(=O)N(C)[C@H](C)c2ccccn2)ccc1[N+](=O)[O-]. The summed E-state index contributed by atoms with van der Waals surface area (Å²) in [6.45, 7) is 3.51. The van der Waals surface area contributed by atoms with Crippen molar-refractivity contribution in [2.45, 2.75) is 19.9 Å². The van der Waals surface area contributed by atoms with Crippen LogP contribution in [0, 0.1) is 17.0 Å². The number of carbonyl (C=O) groups is 1. The van der Waals surface area contributed by atoms with Crippen LogP contribution in [-0.2, 0) is 0 Å². The third kappa shape index (κ3) is 3.82. The van der Waals surface area contributed by atoms with E-state index in [9.17, 15) is 14.9 Å². The van der Waals surface area contributed by atoms with Gasteiger partial charge in [0.05, 0.1) is 16.7 Å². The number of anilines is 1. The number of urea groups is 1. The maximum absolute atomic E-state index is 12.3. The average molecular weight is 314 g/mol. The van der Waals surface area contributed by atoms with E-state index < -0.39 is 4.92 Å². The third-order valence-electron chi connectivity index (χ3n) is 3.66. The van der Waals surface area contributed by atoms with Gasteiger partial charge in [0, 0.05) is 30.6 Å². The van der Waals surface area contributed by atoms with Gasteiger partial charge in [0.1, 0.15) is 0 Å². The minimum absolute atomic E-state index is 0.0261. The van der Waals surface area contributed by atoms with Gasteiger partial charge in [-0.15, -0.1) is 0 Å². The van der Waals surface area contributed by atoms with Gasteiger partial charge in [-0.05, 0) is 38.1 Å². The number of benzene rings is 1. The largest absolute Gasteiger partial charge is 0.322 e. The topological polar surface area (TPSA) is 88.4 Å². The first-order chi connectivity index (χ1) is 10.9. The molecular weight excluding hydrogens is 296 g/mol. The van der Waals surface area contributed by atoms with E-state index in [1.54, 1.807) is 26.2 Å². The summed E-state index contributed by atoms with van der Waals surface area (Å²) in [7, 11) is 1.67. The maximum Gasteiger partial charge on any atom is 0.322 e. The Morgan fingerprint density at radius 1 is 1.35 bits per heavy atom. The molecule has 7 nitrogen and oxygen atoms in total. The van der Waals surface area contributed by atoms with Crippen molar-refractivity contribution in [1.82, 2.24) is 9.88 Å². The van der Waals surface area contributed by atoms with Crippen molar-refractivity contribution in [2.75, 3.05) is 12.4 Å². The number of carbonyl (C=O) groups excluding carboxylic acids is 1. The summed E-state index contributed by atoms with van der Waals surface area (Å²) in [4.78, 5) is 28.4. The number of hydrogen-bond donors (Lipinski definition) is 1. The second-order valence-electron chi connectivity index (χ2n) is 5.23. The zero-order chi connectivity index (χ0) is 17.0. The van der Waals surface area contributed by atoms with Gasteiger partial charge in [-0.25, -0.2) is 4.79 Å². The lowest BCUT2D eigenvalue weighted by Crippen LogP contribution is -2.34. The van der Waals surface area contributed by atoms with Gasteiger partial charge >= 0.3 is 6.03 Å². The Labute approximate surface area is 134 Å². The standard InChI is InChI=1S/C16H18N4O3/c1-11-10-13(7-8-15(11)20(22)23)18-16(21)19(3)12(2)14-6-4-5-9-17-14/h4-10,12H,1-3H3,(H,18,21)/t12-/m1/s1. The molecule has 1 N–H and O–H groups in total. The fraction of sp³-hybridized carbons (Fsp3) is 0.250. The lowest BCUT2D eigenvalue weighted by molar-refractivity contribution is -0.385. The minimum Gasteiger partial charge on any atom is -0.319 e. The molecule has 0 saturated carbocycles. The van der Waals surface area contributed by atoms with E-state index in [4.69, 9.17) is 0 Å². The van der Waals surface area contributed by atoms with Crippen LogP contribution in [0.2, 0.25) is 0 Å². The van der Waals surface area contributed by atoms with Gasteiger partial charge in [-0.3, -0.25) is 15.1 Å². The van der Waals surface area contributed by atoms with Gasteiger partial charge in [-0.1, -0.05) is 6.07 Å². The molecule has 7 heteroatoms. The van der Waals surface area contributed by atoms with Crippen molar-refractivity contribution in [3.8, 4) is 0 Å². The number of amides is 2. The van der Waals surface area contributed by atoms with Crippen molar-refractivity contribution in [3.05, 3.63) is 64.0 Å². The predicted molar refractivity (Wildman–Crippen MR) is 87.3 cm³/mol. The maximum atomic E-state index is 12.3. The molecule has 0 aliphatic heterocycles. The smallest absolute Gasteiger partial charge is 0.319 e. The van der Waals surface area contributed by atoms with Crippen LogP contribution in [0.25, 0.3) is 0 Å². The van der Waals surface area contributed by atoms with Crippen LogP contribution in [0.3, 0.4) is 0 Å². The van der Waals surface area contributed by atoms with Gasteiger partial charge in [0.15, 0.2) is 0 Å². The molecule has 0 bridgehead atoms. The van der Waals surface area contributed by atoms with Crippen LogP contribution in [0.1, 0.15) is 24.2 Å². The molecule has 0 radical (unpaired) electrons. The van der Waals surface area contributed by atoms with Crippen molar-refractivity contribution in [3.63, 3.8) is 0 Å². The molecule has 0 unspecified atom stereocenters. The van der Waals surface area contributed by atoms with Gasteiger partial charge in [0.2, 0.25) is 0 Å². The summed E-state index contributed by atoms with van der Waals surface area (Å²) >= 11 is 0. The molecule has 2 aromatic rings. The second kappa shape index (κ2) is 6.87. The van der Waals surface area contributed by atoms with E-state index in [1.807, 2.05) is 25.1 Å². The van der Waals surface area contributed by atoms with Crippen LogP contribution < -0.4 is 5.32 Å². The monoisotopic (exact) mass is 314 g/mol. The van der Waals surface area contributed by atoms with Crippen molar-refractivity contribution in [1.29, 1.82) is 0 Å². The number of pyridine rings is 1. The Kier molecular flexibility index (Phi) is 4.90. The van der Waals surface area contributed by atoms with Crippen molar-refractivity contribution in [2.24, 2.45) is 0 Å². The fourth-order valence-electron chi connectivity index (χ4n) is 2.15. The number of nitrogens with zero attached hydrogens (tertiary/aromatic N) is 3. The summed E-state index contributed by atoms with van der Waals surface area (Å²) in [5.41, 5.74) is 1.81. The highest BCUT2D eigenvalue weighted by molar-refractivity contribution is 5.89. The van der Waals surface area contributed by atoms with E-state index >= 15 is 0 Å². The summed E-state index contributed by atoms with van der Waals surface area (Å²) in [5.74, 6) is 0. The molecule has 1 aromatic heterocycles. The number of nitro benzene ring substituents is 1. The van der Waals surface area contributed by atoms with E-state index in [-0.39, 0.29) is 17.8 Å². The highest BCUT2D eigenvalue weighted by Gasteiger charge is 2.19. The molecule has 1 heterocycles. The first-order valence-electron chi connectivity index (χ1n) is 7.10. The van der Waals surface area contributed by atoms with E-state index in [1.165, 1.54) is 17.0 Å². The number of rotatable bonds is 4. The van der Waals surface area contributed by atoms with E-state index in [2.05, 4.69) is 10.3 Å². The molecule has 0 aliphatic rings. The molecular formula is C16H18N4O3. The zero-order valence-electron chi connectivity index (χ0n) is 13.2. The molecule has 0 fully saturated rings. The Morgan fingerprint density at radius 2 is 2.09 bits per heavy atom. The second-order valence-corrected chi connectivity index (χ2v) is 5.23. The van der Waals surface area contributed by atoms with Gasteiger partial charge in [-0.2, -0.15) is 0 Å². The Bertz CT molecular complexity index is 719. The third-order valence-corrected chi connectivity index (χ3v) is 3.66. The molecule has 23 heavy (non-hydrogen) atoms. The minimum atomic E-state index is -0.448. The lowest BCUT2D eigenvalue weighted by atomic mass is 10.2. The molecule has 2 amide bonds. The fourth-order valence-corrected chi connectivity index (χ4v) is 2.15. The molecule has 1 aromatic carbocycles. The summed E-state index contributed by atoms with van der Waals surface area (Å²) in [5, 5.41) is 13.5. The number of nitro groups is 1. The van der Waals surface area contributed by atoms with Crippen LogP contribution >= 0.6 is 0 Å². The number of nitrogens with one attached hydrogen (secondary N) is 1. The highest BCUT2D eigenvalue weighted by Crippen LogP contribution is 2.23. The van der Waals surface area contributed by atoms with Crippen molar-refractivity contribution >= 4 is 17.4 Å². The molecule has 1 atom stereocenters. The number of hydrogen-bond acceptors (Lipinski definition) is 4. The van der Waals surface area contributed by atoms with E-state index in [0.717, 1.165) is 5.69 Å². The van der Waals surface area contributed by atoms with Gasteiger partial charge < -0.3 is 10.2 Å². The Balaban J connectivity index is 2.09. The summed E-state index contributed by atoms with van der Waals surface area (Å²) in [6.07, 6.45) is 1.68. The Hall–Kier alpha value is -2.96. The van der Waals surface area contributed by atoms with Crippen LogP contribution in [0.15, 0.2) is 42.6 Å². The molecule has 120 valence electrons. The quantitative estimate of drug-likeness (QED) is 0.690. The predicted octanol–water partition coefficient (Wildman–Crippen LogP) is 3.52. The zero-order valence-corrected chi connectivity index (χ0v) is 13.2. The van der Waals surface area contributed by atoms with E-state index in [0.29, 0.717) is 11.3 Å². The van der Waals surface area contributed by atoms with Gasteiger partial charge in [0.25, 0.3) is 5.69 Å². The highest BCUT2D eigenvalue weighted by atomic mass is 16.6. The first kappa shape index (κ1) is 16.4. The van der Waals surface area contributed by atoms with Crippen LogP contribution in [-0.4, -0.2) is 27.9 Å².